The molecule has 1 saturated carbocycles. The Balaban J connectivity index is 0.000000453. The minimum Gasteiger partial charge on any atom is -0.546 e. The van der Waals surface area contributed by atoms with Crippen molar-refractivity contribution in [3.63, 3.8) is 0 Å². The Labute approximate surface area is 288 Å². The van der Waals surface area contributed by atoms with Crippen LogP contribution in [0.4, 0.5) is 14.5 Å². The first kappa shape index (κ1) is 36.2. The van der Waals surface area contributed by atoms with E-state index in [9.17, 15) is 23.2 Å². The number of carbonyl (C=O) groups excluding carboxylic acids is 4. The fraction of sp³-hybridized carbons (Fsp3) is 0.294. The summed E-state index contributed by atoms with van der Waals surface area (Å²) in [6.45, 7) is 10.1. The topological polar surface area (TPSA) is 120 Å². The first-order valence-electron chi connectivity index (χ1n) is 14.3. The van der Waals surface area contributed by atoms with Crippen molar-refractivity contribution in [2.45, 2.75) is 51.3 Å². The summed E-state index contributed by atoms with van der Waals surface area (Å²) in [7, 11) is 0. The second-order valence-electron chi connectivity index (χ2n) is 10.8. The summed E-state index contributed by atoms with van der Waals surface area (Å²) >= 11 is 0. The number of anilines is 1. The number of imide groups is 1. The predicted molar refractivity (Wildman–Crippen MR) is 162 cm³/mol. The number of piperazine rings is 1. The second kappa shape index (κ2) is 16.4. The Kier molecular flexibility index (Phi) is 12.9. The van der Waals surface area contributed by atoms with Crippen LogP contribution in [0.15, 0.2) is 54.6 Å². The number of nitrogens with one attached hydrogen (secondary N) is 1. The van der Waals surface area contributed by atoms with E-state index >= 15 is 0 Å². The number of rotatable bonds is 5. The van der Waals surface area contributed by atoms with Crippen LogP contribution >= 0.6 is 0 Å². The minimum atomic E-state index is -0.500. The summed E-state index contributed by atoms with van der Waals surface area (Å²) in [5.41, 5.74) is 3.10. The van der Waals surface area contributed by atoms with Gasteiger partial charge in [0.2, 0.25) is 11.8 Å². The molecule has 1 N–H and O–H groups in total. The molecule has 12 heteroatoms. The largest absolute Gasteiger partial charge is 1.00 e. The van der Waals surface area contributed by atoms with E-state index in [2.05, 4.69) is 19.0 Å². The Morgan fingerprint density at radius 3 is 2.37 bits per heavy atom. The van der Waals surface area contributed by atoms with Gasteiger partial charge >= 0.3 is 29.6 Å². The number of carbonyl (C=O) groups is 3. The van der Waals surface area contributed by atoms with Crippen LogP contribution in [0.3, 0.4) is 0 Å². The van der Waals surface area contributed by atoms with E-state index in [0.717, 1.165) is 17.5 Å². The van der Waals surface area contributed by atoms with Crippen LogP contribution in [0.2, 0.25) is 0 Å². The zero-order chi connectivity index (χ0) is 32.7. The molecule has 1 aliphatic carbocycles. The average molecular weight is 638 g/mol. The molecule has 0 radical (unpaired) electrons. The molecule has 2 unspecified atom stereocenters. The third kappa shape index (κ3) is 8.51. The molecule has 0 aromatic heterocycles. The molecule has 234 valence electrons. The molecule has 2 aliphatic heterocycles. The fourth-order valence-corrected chi connectivity index (χ4v) is 5.37. The van der Waals surface area contributed by atoms with Crippen LogP contribution < -0.4 is 44.5 Å². The summed E-state index contributed by atoms with van der Waals surface area (Å²) < 4.78 is 35.1. The number of hydrogen-bond donors (Lipinski definition) is 1. The second-order valence-corrected chi connectivity index (χ2v) is 10.8. The van der Waals surface area contributed by atoms with E-state index in [1.165, 1.54) is 12.1 Å². The zero-order valence-corrected chi connectivity index (χ0v) is 27.7. The molecule has 0 spiro atoms. The molecule has 9 nitrogen and oxygen atoms in total. The SMILES string of the molecule is O=C1CCCC(=O)N1.[CH-]=O.[CH2-]c1c(C)cccc1OCc1ccc(C(=O)N2CCN(c3ccc(C#N)cc3F)C3CC32)cc1F.[Na+]. The number of nitriles is 1. The van der Waals surface area contributed by atoms with E-state index in [-0.39, 0.29) is 77.1 Å². The normalized spacial score (nSPS) is 17.8. The third-order valence-electron chi connectivity index (χ3n) is 7.89. The third-order valence-corrected chi connectivity index (χ3v) is 7.89. The minimum absolute atomic E-state index is 0. The summed E-state index contributed by atoms with van der Waals surface area (Å²) in [6.07, 6.45) is 2.45. The van der Waals surface area contributed by atoms with Crippen LogP contribution in [-0.2, 0) is 21.0 Å². The molecule has 3 aliphatic rings. The number of hydrogen-bond acceptors (Lipinski definition) is 7. The number of benzene rings is 3. The van der Waals surface area contributed by atoms with Gasteiger partial charge in [-0.25, -0.2) is 8.78 Å². The van der Waals surface area contributed by atoms with Crippen LogP contribution in [-0.4, -0.2) is 54.6 Å². The van der Waals surface area contributed by atoms with E-state index in [0.29, 0.717) is 49.4 Å². The fourth-order valence-electron chi connectivity index (χ4n) is 5.37. The molecule has 3 amide bonds. The molecular formula is C34H32F2N4NaO5-. The number of halogens is 2. The maximum atomic E-state index is 14.8. The van der Waals surface area contributed by atoms with Gasteiger partial charge < -0.3 is 19.3 Å². The van der Waals surface area contributed by atoms with E-state index in [1.54, 1.807) is 35.2 Å². The summed E-state index contributed by atoms with van der Waals surface area (Å²) in [5.74, 6) is -0.850. The molecule has 2 saturated heterocycles. The van der Waals surface area contributed by atoms with Crippen molar-refractivity contribution in [1.82, 2.24) is 10.2 Å². The first-order chi connectivity index (χ1) is 21.7. The predicted octanol–water partition coefficient (Wildman–Crippen LogP) is 1.55. The van der Waals surface area contributed by atoms with Crippen molar-refractivity contribution >= 4 is 30.2 Å². The molecule has 2 heterocycles. The van der Waals surface area contributed by atoms with Crippen molar-refractivity contribution in [2.24, 2.45) is 0 Å². The number of aryl methyl sites for hydroxylation is 1. The van der Waals surface area contributed by atoms with Gasteiger partial charge in [-0.15, -0.1) is 11.6 Å². The number of amides is 3. The Hall–Kier alpha value is -4.24. The van der Waals surface area contributed by atoms with Gasteiger partial charge in [0.1, 0.15) is 11.6 Å². The standard InChI is InChI=1S/C28H24F2N3O2.C5H7NO2.CHO.Na/c1-17-4-3-5-27(18(17)2)35-16-21-8-7-20(13-22(21)29)28(34)33-11-10-32(25-14-26(25)33)24-9-6-19(15-31)12-23(24)30;7-4-2-1-3-5(8)6-4;1-2;/h3-9,12-13,25-26H,2,10-11,14,16H2,1H3;1-3H2,(H,6,7,8);1H;/q-1;;-1;+1. The maximum Gasteiger partial charge on any atom is 1.00 e. The number of nitrogens with zero attached hydrogens (tertiary/aromatic N) is 3. The molecule has 3 aromatic carbocycles. The molecular weight excluding hydrogens is 605 g/mol. The monoisotopic (exact) mass is 637 g/mol. The van der Waals surface area contributed by atoms with Crippen LogP contribution in [0.25, 0.3) is 0 Å². The van der Waals surface area contributed by atoms with Crippen molar-refractivity contribution < 1.29 is 62.3 Å². The number of fused-ring (bicyclic) bond motifs is 1. The number of piperidine rings is 1. The van der Waals surface area contributed by atoms with Gasteiger partial charge in [0.15, 0.2) is 0 Å². The average Bonchev–Trinajstić information content (AvgIpc) is 3.84. The van der Waals surface area contributed by atoms with Gasteiger partial charge in [-0.05, 0) is 43.2 Å². The van der Waals surface area contributed by atoms with Crippen LogP contribution in [0, 0.1) is 36.8 Å². The van der Waals surface area contributed by atoms with Crippen LogP contribution in [0.5, 0.6) is 5.75 Å². The van der Waals surface area contributed by atoms with Crippen molar-refractivity contribution in [3.05, 3.63) is 101 Å². The first-order valence-corrected chi connectivity index (χ1v) is 14.3. The summed E-state index contributed by atoms with van der Waals surface area (Å²) in [5, 5.41) is 11.2. The van der Waals surface area contributed by atoms with Gasteiger partial charge in [-0.2, -0.15) is 17.7 Å². The molecule has 6 rings (SSSR count). The van der Waals surface area contributed by atoms with Gasteiger partial charge in [0, 0.05) is 42.8 Å². The van der Waals surface area contributed by atoms with Crippen molar-refractivity contribution in [3.8, 4) is 11.8 Å². The summed E-state index contributed by atoms with van der Waals surface area (Å²) in [4.78, 5) is 45.3. The maximum absolute atomic E-state index is 14.8. The van der Waals surface area contributed by atoms with Crippen LogP contribution in [0.1, 0.15) is 58.3 Å². The Morgan fingerprint density at radius 2 is 1.76 bits per heavy atom. The number of ether oxygens (including phenoxy) is 1. The van der Waals surface area contributed by atoms with Gasteiger partial charge in [-0.1, -0.05) is 25.1 Å². The van der Waals surface area contributed by atoms with Gasteiger partial charge in [0.05, 0.1) is 36.0 Å². The van der Waals surface area contributed by atoms with Gasteiger partial charge in [-0.3, -0.25) is 26.5 Å². The smallest absolute Gasteiger partial charge is 0.546 e. The van der Waals surface area contributed by atoms with E-state index < -0.39 is 11.6 Å². The Morgan fingerprint density at radius 1 is 1.04 bits per heavy atom. The molecule has 3 aromatic rings. The Bertz CT molecular complexity index is 1630. The molecule has 3 fully saturated rings. The molecule has 0 bridgehead atoms. The molecule has 46 heavy (non-hydrogen) atoms. The molecule has 2 atom stereocenters. The van der Waals surface area contributed by atoms with Crippen molar-refractivity contribution in [2.75, 3.05) is 18.0 Å². The summed E-state index contributed by atoms with van der Waals surface area (Å²) in [6, 6.07) is 16.4. The quantitative estimate of drug-likeness (QED) is 0.195. The van der Waals surface area contributed by atoms with E-state index in [1.807, 2.05) is 30.0 Å². The van der Waals surface area contributed by atoms with E-state index in [4.69, 9.17) is 14.8 Å². The zero-order valence-electron chi connectivity index (χ0n) is 25.7. The van der Waals surface area contributed by atoms with Crippen molar-refractivity contribution in [1.29, 1.82) is 5.26 Å². The van der Waals surface area contributed by atoms with Gasteiger partial charge in [0.25, 0.3) is 5.91 Å².